The van der Waals surface area contributed by atoms with Gasteiger partial charge in [-0.25, -0.2) is 18.4 Å². The molecule has 1 aromatic carbocycles. The van der Waals surface area contributed by atoms with Crippen molar-refractivity contribution in [2.45, 2.75) is 37.5 Å². The Morgan fingerprint density at radius 2 is 2.00 bits per heavy atom. The second-order valence-electron chi connectivity index (χ2n) is 7.27. The maximum absolute atomic E-state index is 12.2. The maximum Gasteiger partial charge on any atom is 0.348 e. The Hall–Kier alpha value is -2.23. The van der Waals surface area contributed by atoms with Crippen molar-refractivity contribution in [2.75, 3.05) is 13.2 Å². The second kappa shape index (κ2) is 9.06. The molecule has 1 aliphatic rings. The summed E-state index contributed by atoms with van der Waals surface area (Å²) in [6, 6.07) is 8.03. The van der Waals surface area contributed by atoms with E-state index in [1.807, 2.05) is 6.07 Å². The van der Waals surface area contributed by atoms with Crippen LogP contribution in [0.2, 0.25) is 0 Å². The van der Waals surface area contributed by atoms with Crippen molar-refractivity contribution in [2.24, 2.45) is 11.1 Å². The molecule has 7 nitrogen and oxygen atoms in total. The van der Waals surface area contributed by atoms with Crippen LogP contribution >= 0.6 is 11.3 Å². The first-order valence-electron chi connectivity index (χ1n) is 9.39. The molecule has 0 spiro atoms. The van der Waals surface area contributed by atoms with Gasteiger partial charge in [0, 0.05) is 11.4 Å². The van der Waals surface area contributed by atoms with Crippen LogP contribution in [0, 0.1) is 5.92 Å². The maximum atomic E-state index is 12.2. The standard InChI is InChI=1S/C20H24N2O5S2/c1-13-2-7-17-15(10-13)11-18(28-17)20(24)27-12-19(23)22-9-8-14-3-5-16(6-4-14)29(21,25)26/h3-6,11,13H,2,7-10,12H2,1H3,(H,22,23)(H2,21,25,26)/t13-/m1/s1. The van der Waals surface area contributed by atoms with Crippen LogP contribution in [-0.4, -0.2) is 33.4 Å². The normalized spacial score (nSPS) is 16.1. The molecule has 1 aliphatic carbocycles. The fourth-order valence-electron chi connectivity index (χ4n) is 3.25. The lowest BCUT2D eigenvalue weighted by atomic mass is 9.90. The van der Waals surface area contributed by atoms with Crippen LogP contribution in [0.4, 0.5) is 0 Å². The number of amides is 1. The number of nitrogens with two attached hydrogens (primary N) is 1. The molecule has 2 aromatic rings. The smallest absolute Gasteiger partial charge is 0.348 e. The predicted octanol–water partition coefficient (Wildman–Crippen LogP) is 2.04. The number of rotatable bonds is 7. The van der Waals surface area contributed by atoms with Gasteiger partial charge in [0.25, 0.3) is 5.91 Å². The van der Waals surface area contributed by atoms with Gasteiger partial charge >= 0.3 is 5.97 Å². The molecule has 0 unspecified atom stereocenters. The van der Waals surface area contributed by atoms with Crippen molar-refractivity contribution in [3.05, 3.63) is 51.2 Å². The Labute approximate surface area is 174 Å². The number of esters is 1. The number of primary sulfonamides is 1. The van der Waals surface area contributed by atoms with Crippen LogP contribution in [-0.2, 0) is 38.8 Å². The number of carbonyl (C=O) groups excluding carboxylic acids is 2. The molecule has 29 heavy (non-hydrogen) atoms. The zero-order valence-corrected chi connectivity index (χ0v) is 17.8. The molecule has 1 heterocycles. The van der Waals surface area contributed by atoms with Crippen LogP contribution < -0.4 is 10.5 Å². The molecule has 1 amide bonds. The van der Waals surface area contributed by atoms with Crippen LogP contribution in [0.25, 0.3) is 0 Å². The number of ether oxygens (including phenoxy) is 1. The van der Waals surface area contributed by atoms with Gasteiger partial charge in [0.05, 0.1) is 4.90 Å². The highest BCUT2D eigenvalue weighted by Gasteiger charge is 2.21. The summed E-state index contributed by atoms with van der Waals surface area (Å²) in [4.78, 5) is 26.0. The summed E-state index contributed by atoms with van der Waals surface area (Å²) in [6.45, 7) is 2.22. The highest BCUT2D eigenvalue weighted by Crippen LogP contribution is 2.32. The van der Waals surface area contributed by atoms with Gasteiger partial charge in [0.2, 0.25) is 10.0 Å². The summed E-state index contributed by atoms with van der Waals surface area (Å²) in [6.07, 6.45) is 3.63. The summed E-state index contributed by atoms with van der Waals surface area (Å²) < 4.78 is 27.6. The highest BCUT2D eigenvalue weighted by atomic mass is 32.2. The number of hydrogen-bond donors (Lipinski definition) is 2. The van der Waals surface area contributed by atoms with Gasteiger partial charge in [-0.15, -0.1) is 11.3 Å². The Balaban J connectivity index is 1.41. The molecule has 0 bridgehead atoms. The quantitative estimate of drug-likeness (QED) is 0.645. The summed E-state index contributed by atoms with van der Waals surface area (Å²) in [5.41, 5.74) is 2.08. The lowest BCUT2D eigenvalue weighted by Gasteiger charge is -2.16. The molecule has 0 saturated carbocycles. The number of nitrogens with one attached hydrogen (secondary N) is 1. The number of hydrogen-bond acceptors (Lipinski definition) is 6. The Kier molecular flexibility index (Phi) is 6.71. The molecule has 3 rings (SSSR count). The minimum absolute atomic E-state index is 0.0434. The van der Waals surface area contributed by atoms with Gasteiger partial charge in [0.15, 0.2) is 6.61 Å². The first-order valence-corrected chi connectivity index (χ1v) is 11.8. The van der Waals surface area contributed by atoms with E-state index in [2.05, 4.69) is 12.2 Å². The second-order valence-corrected chi connectivity index (χ2v) is 9.97. The third-order valence-electron chi connectivity index (χ3n) is 4.85. The topological polar surface area (TPSA) is 116 Å². The first-order chi connectivity index (χ1) is 13.7. The van der Waals surface area contributed by atoms with Gasteiger partial charge in [-0.2, -0.15) is 0 Å². The predicted molar refractivity (Wildman–Crippen MR) is 110 cm³/mol. The van der Waals surface area contributed by atoms with E-state index in [9.17, 15) is 18.0 Å². The molecule has 3 N–H and O–H groups in total. The Morgan fingerprint density at radius 3 is 2.69 bits per heavy atom. The van der Waals surface area contributed by atoms with Crippen molar-refractivity contribution in [1.82, 2.24) is 5.32 Å². The van der Waals surface area contributed by atoms with Gasteiger partial charge in [-0.05, 0) is 60.9 Å². The molecule has 156 valence electrons. The molecule has 0 radical (unpaired) electrons. The summed E-state index contributed by atoms with van der Waals surface area (Å²) in [5.74, 6) is -0.220. The Morgan fingerprint density at radius 1 is 1.28 bits per heavy atom. The summed E-state index contributed by atoms with van der Waals surface area (Å²) >= 11 is 1.46. The minimum atomic E-state index is -3.71. The fraction of sp³-hybridized carbons (Fsp3) is 0.400. The van der Waals surface area contributed by atoms with Crippen LogP contribution in [0.1, 0.15) is 39.0 Å². The van der Waals surface area contributed by atoms with E-state index in [1.165, 1.54) is 33.9 Å². The van der Waals surface area contributed by atoms with Crippen molar-refractivity contribution in [1.29, 1.82) is 0 Å². The van der Waals surface area contributed by atoms with E-state index in [0.717, 1.165) is 24.8 Å². The van der Waals surface area contributed by atoms with E-state index in [4.69, 9.17) is 9.88 Å². The van der Waals surface area contributed by atoms with E-state index in [1.54, 1.807) is 12.1 Å². The van der Waals surface area contributed by atoms with Gasteiger partial charge in [-0.3, -0.25) is 4.79 Å². The van der Waals surface area contributed by atoms with E-state index < -0.39 is 16.0 Å². The average molecular weight is 437 g/mol. The molecular formula is C20H24N2O5S2. The molecular weight excluding hydrogens is 412 g/mol. The van der Waals surface area contributed by atoms with E-state index >= 15 is 0 Å². The van der Waals surface area contributed by atoms with Gasteiger partial charge in [-0.1, -0.05) is 19.1 Å². The first kappa shape index (κ1) is 21.5. The lowest BCUT2D eigenvalue weighted by Crippen LogP contribution is -2.30. The van der Waals surface area contributed by atoms with Crippen molar-refractivity contribution in [3.8, 4) is 0 Å². The number of fused-ring (bicyclic) bond motifs is 1. The third kappa shape index (κ3) is 5.88. The number of benzene rings is 1. The van der Waals surface area contributed by atoms with E-state index in [-0.39, 0.29) is 17.4 Å². The molecule has 1 atom stereocenters. The number of carbonyl (C=O) groups is 2. The molecule has 9 heteroatoms. The number of aryl methyl sites for hydroxylation is 1. The van der Waals surface area contributed by atoms with Crippen LogP contribution in [0.3, 0.4) is 0 Å². The van der Waals surface area contributed by atoms with Gasteiger partial charge in [0.1, 0.15) is 4.88 Å². The minimum Gasteiger partial charge on any atom is -0.451 e. The summed E-state index contributed by atoms with van der Waals surface area (Å²) in [7, 11) is -3.71. The SMILES string of the molecule is C[C@@H]1CCc2sc(C(=O)OCC(=O)NCCc3ccc(S(N)(=O)=O)cc3)cc2C1. The van der Waals surface area contributed by atoms with E-state index in [0.29, 0.717) is 23.8 Å². The summed E-state index contributed by atoms with van der Waals surface area (Å²) in [5, 5.41) is 7.74. The molecule has 1 aromatic heterocycles. The number of thiophene rings is 1. The average Bonchev–Trinajstić information content (AvgIpc) is 3.09. The zero-order chi connectivity index (χ0) is 21.0. The van der Waals surface area contributed by atoms with Crippen LogP contribution in [0.5, 0.6) is 0 Å². The van der Waals surface area contributed by atoms with Crippen molar-refractivity contribution in [3.63, 3.8) is 0 Å². The number of sulfonamides is 1. The van der Waals surface area contributed by atoms with Crippen molar-refractivity contribution >= 4 is 33.2 Å². The lowest BCUT2D eigenvalue weighted by molar-refractivity contribution is -0.124. The molecule has 0 saturated heterocycles. The largest absolute Gasteiger partial charge is 0.451 e. The highest BCUT2D eigenvalue weighted by molar-refractivity contribution is 7.89. The van der Waals surface area contributed by atoms with Crippen molar-refractivity contribution < 1.29 is 22.7 Å². The van der Waals surface area contributed by atoms with Gasteiger partial charge < -0.3 is 10.1 Å². The van der Waals surface area contributed by atoms with Crippen LogP contribution in [0.15, 0.2) is 35.2 Å². The third-order valence-corrected chi connectivity index (χ3v) is 7.00. The Bertz CT molecular complexity index is 996. The molecule has 0 fully saturated rings. The monoisotopic (exact) mass is 436 g/mol. The zero-order valence-electron chi connectivity index (χ0n) is 16.1. The fourth-order valence-corrected chi connectivity index (χ4v) is 4.87. The molecule has 0 aliphatic heterocycles.